The minimum atomic E-state index is -0.805. The van der Waals surface area contributed by atoms with E-state index in [4.69, 9.17) is 5.73 Å². The predicted molar refractivity (Wildman–Crippen MR) is 51.3 cm³/mol. The molecule has 0 spiro atoms. The molecule has 1 atom stereocenters. The molecule has 5 heteroatoms. The first-order valence-corrected chi connectivity index (χ1v) is 4.18. The number of aromatic nitrogens is 3. The summed E-state index contributed by atoms with van der Waals surface area (Å²) in [6.45, 7) is 0. The van der Waals surface area contributed by atoms with Crippen LogP contribution >= 0.6 is 0 Å². The van der Waals surface area contributed by atoms with E-state index in [0.717, 1.165) is 5.56 Å². The van der Waals surface area contributed by atoms with E-state index >= 15 is 0 Å². The van der Waals surface area contributed by atoms with Gasteiger partial charge in [-0.3, -0.25) is 5.10 Å². The van der Waals surface area contributed by atoms with Crippen molar-refractivity contribution < 1.29 is 5.11 Å². The number of anilines is 1. The zero-order chi connectivity index (χ0) is 9.97. The second-order valence-electron chi connectivity index (χ2n) is 2.89. The lowest BCUT2D eigenvalue weighted by atomic mass is 10.1. The number of benzene rings is 1. The van der Waals surface area contributed by atoms with E-state index in [0.29, 0.717) is 5.82 Å². The topological polar surface area (TPSA) is 87.8 Å². The van der Waals surface area contributed by atoms with Gasteiger partial charge in [-0.2, -0.15) is 4.98 Å². The maximum Gasteiger partial charge on any atom is 0.239 e. The van der Waals surface area contributed by atoms with Gasteiger partial charge in [0.2, 0.25) is 5.95 Å². The standard InChI is InChI=1S/C9H10N4O/c10-9-11-8(12-13-9)7(14)6-4-2-1-3-5-6/h1-5,7,14H,(H3,10,11,12,13). The molecule has 1 aromatic carbocycles. The highest BCUT2D eigenvalue weighted by Crippen LogP contribution is 2.17. The summed E-state index contributed by atoms with van der Waals surface area (Å²) in [5, 5.41) is 16.0. The largest absolute Gasteiger partial charge is 0.380 e. The number of aliphatic hydroxyl groups is 1. The number of aromatic amines is 1. The summed E-state index contributed by atoms with van der Waals surface area (Å²) < 4.78 is 0. The summed E-state index contributed by atoms with van der Waals surface area (Å²) in [6, 6.07) is 9.19. The molecule has 0 aliphatic heterocycles. The minimum absolute atomic E-state index is 0.134. The van der Waals surface area contributed by atoms with Crippen LogP contribution in [0.15, 0.2) is 30.3 Å². The van der Waals surface area contributed by atoms with E-state index in [-0.39, 0.29) is 5.95 Å². The second kappa shape index (κ2) is 3.47. The van der Waals surface area contributed by atoms with Gasteiger partial charge in [0.05, 0.1) is 0 Å². The molecule has 1 aromatic heterocycles. The number of nitrogens with zero attached hydrogens (tertiary/aromatic N) is 2. The maximum atomic E-state index is 9.82. The zero-order valence-electron chi connectivity index (χ0n) is 7.38. The molecule has 0 saturated heterocycles. The molecule has 4 N–H and O–H groups in total. The Kier molecular flexibility index (Phi) is 2.16. The Morgan fingerprint density at radius 1 is 1.29 bits per heavy atom. The Balaban J connectivity index is 2.29. The van der Waals surface area contributed by atoms with Crippen molar-refractivity contribution in [2.45, 2.75) is 6.10 Å². The van der Waals surface area contributed by atoms with Crippen LogP contribution in [0.1, 0.15) is 17.5 Å². The lowest BCUT2D eigenvalue weighted by Crippen LogP contribution is -2.01. The van der Waals surface area contributed by atoms with E-state index < -0.39 is 6.10 Å². The van der Waals surface area contributed by atoms with Gasteiger partial charge in [0.1, 0.15) is 6.10 Å². The van der Waals surface area contributed by atoms with Gasteiger partial charge in [0, 0.05) is 0 Å². The van der Waals surface area contributed by atoms with Gasteiger partial charge in [0.15, 0.2) is 5.82 Å². The molecule has 0 fully saturated rings. The van der Waals surface area contributed by atoms with Gasteiger partial charge in [-0.05, 0) is 5.56 Å². The highest BCUT2D eigenvalue weighted by Gasteiger charge is 2.13. The molecular weight excluding hydrogens is 180 g/mol. The third-order valence-corrected chi connectivity index (χ3v) is 1.89. The van der Waals surface area contributed by atoms with E-state index in [9.17, 15) is 5.11 Å². The molecule has 0 saturated carbocycles. The van der Waals surface area contributed by atoms with Gasteiger partial charge in [-0.15, -0.1) is 5.10 Å². The van der Waals surface area contributed by atoms with Gasteiger partial charge < -0.3 is 10.8 Å². The van der Waals surface area contributed by atoms with Crippen molar-refractivity contribution in [2.75, 3.05) is 5.73 Å². The summed E-state index contributed by atoms with van der Waals surface area (Å²) in [5.41, 5.74) is 6.08. The second-order valence-corrected chi connectivity index (χ2v) is 2.89. The Bertz CT molecular complexity index is 412. The number of nitrogens with one attached hydrogen (secondary N) is 1. The third-order valence-electron chi connectivity index (χ3n) is 1.89. The molecule has 2 aromatic rings. The fourth-order valence-electron chi connectivity index (χ4n) is 1.20. The zero-order valence-corrected chi connectivity index (χ0v) is 7.38. The first-order valence-electron chi connectivity index (χ1n) is 4.18. The molecule has 5 nitrogen and oxygen atoms in total. The van der Waals surface area contributed by atoms with Crippen LogP contribution < -0.4 is 5.73 Å². The van der Waals surface area contributed by atoms with Crippen LogP contribution in [0, 0.1) is 0 Å². The highest BCUT2D eigenvalue weighted by molar-refractivity contribution is 5.24. The van der Waals surface area contributed by atoms with Crippen LogP contribution in [0.4, 0.5) is 5.95 Å². The number of nitrogen functional groups attached to an aromatic ring is 1. The van der Waals surface area contributed by atoms with Gasteiger partial charge in [-0.25, -0.2) is 0 Å². The first kappa shape index (κ1) is 8.71. The molecule has 0 radical (unpaired) electrons. The number of nitrogens with two attached hydrogens (primary N) is 1. The average Bonchev–Trinajstić information content (AvgIpc) is 2.65. The first-order chi connectivity index (χ1) is 6.77. The molecule has 1 heterocycles. The smallest absolute Gasteiger partial charge is 0.239 e. The fourth-order valence-corrected chi connectivity index (χ4v) is 1.20. The van der Waals surface area contributed by atoms with E-state index in [1.54, 1.807) is 0 Å². The molecule has 0 amide bonds. The van der Waals surface area contributed by atoms with Crippen LogP contribution in [0.3, 0.4) is 0 Å². The normalized spacial score (nSPS) is 12.6. The predicted octanol–water partition coefficient (Wildman–Crippen LogP) is 0.469. The molecule has 0 aliphatic carbocycles. The lowest BCUT2D eigenvalue weighted by Gasteiger charge is -2.05. The Morgan fingerprint density at radius 3 is 2.57 bits per heavy atom. The number of hydrogen-bond acceptors (Lipinski definition) is 4. The minimum Gasteiger partial charge on any atom is -0.380 e. The van der Waals surface area contributed by atoms with Crippen molar-refractivity contribution in [1.82, 2.24) is 15.2 Å². The molecule has 0 bridgehead atoms. The van der Waals surface area contributed by atoms with Crippen LogP contribution in [0.25, 0.3) is 0 Å². The lowest BCUT2D eigenvalue weighted by molar-refractivity contribution is 0.210. The van der Waals surface area contributed by atoms with Crippen molar-refractivity contribution >= 4 is 5.95 Å². The van der Waals surface area contributed by atoms with Crippen molar-refractivity contribution in [3.63, 3.8) is 0 Å². The Hall–Kier alpha value is -1.88. The molecule has 2 rings (SSSR count). The average molecular weight is 190 g/mol. The van der Waals surface area contributed by atoms with E-state index in [1.807, 2.05) is 30.3 Å². The summed E-state index contributed by atoms with van der Waals surface area (Å²) >= 11 is 0. The summed E-state index contributed by atoms with van der Waals surface area (Å²) in [5.74, 6) is 0.490. The number of rotatable bonds is 2. The number of aliphatic hydroxyl groups excluding tert-OH is 1. The van der Waals surface area contributed by atoms with Crippen molar-refractivity contribution in [3.8, 4) is 0 Å². The monoisotopic (exact) mass is 190 g/mol. The van der Waals surface area contributed by atoms with Crippen molar-refractivity contribution in [1.29, 1.82) is 0 Å². The van der Waals surface area contributed by atoms with Crippen LogP contribution in [0.5, 0.6) is 0 Å². The molecular formula is C9H10N4O. The Morgan fingerprint density at radius 2 is 2.00 bits per heavy atom. The summed E-state index contributed by atoms with van der Waals surface area (Å²) in [6.07, 6.45) is -0.805. The van der Waals surface area contributed by atoms with Gasteiger partial charge >= 0.3 is 0 Å². The summed E-state index contributed by atoms with van der Waals surface area (Å²) in [7, 11) is 0. The maximum absolute atomic E-state index is 9.82. The van der Waals surface area contributed by atoms with Crippen molar-refractivity contribution in [3.05, 3.63) is 41.7 Å². The quantitative estimate of drug-likeness (QED) is 0.642. The molecule has 72 valence electrons. The van der Waals surface area contributed by atoms with Crippen LogP contribution in [0.2, 0.25) is 0 Å². The van der Waals surface area contributed by atoms with E-state index in [1.165, 1.54) is 0 Å². The van der Waals surface area contributed by atoms with E-state index in [2.05, 4.69) is 15.2 Å². The molecule has 1 unspecified atom stereocenters. The third kappa shape index (κ3) is 1.57. The number of hydrogen-bond donors (Lipinski definition) is 3. The van der Waals surface area contributed by atoms with Gasteiger partial charge in [-0.1, -0.05) is 30.3 Å². The van der Waals surface area contributed by atoms with Crippen molar-refractivity contribution in [2.24, 2.45) is 0 Å². The SMILES string of the molecule is Nc1n[nH]c(C(O)c2ccccc2)n1. The number of H-pyrrole nitrogens is 1. The fraction of sp³-hybridized carbons (Fsp3) is 0.111. The molecule has 0 aliphatic rings. The highest BCUT2D eigenvalue weighted by atomic mass is 16.3. The molecule has 14 heavy (non-hydrogen) atoms. The Labute approximate surface area is 80.6 Å². The van der Waals surface area contributed by atoms with Gasteiger partial charge in [0.25, 0.3) is 0 Å². The summed E-state index contributed by atoms with van der Waals surface area (Å²) in [4.78, 5) is 3.85. The van der Waals surface area contributed by atoms with Crippen LogP contribution in [-0.4, -0.2) is 20.3 Å². The van der Waals surface area contributed by atoms with Crippen LogP contribution in [-0.2, 0) is 0 Å².